The summed E-state index contributed by atoms with van der Waals surface area (Å²) in [6, 6.07) is 10.8. The van der Waals surface area contributed by atoms with Crippen molar-refractivity contribution >= 4 is 52.1 Å². The van der Waals surface area contributed by atoms with Gasteiger partial charge in [-0.15, -0.1) is 0 Å². The summed E-state index contributed by atoms with van der Waals surface area (Å²) in [5.74, 6) is -0.509. The van der Waals surface area contributed by atoms with E-state index < -0.39 is 24.0 Å². The van der Waals surface area contributed by atoms with Crippen LogP contribution in [0.5, 0.6) is 0 Å². The number of amides is 1. The van der Waals surface area contributed by atoms with E-state index in [1.165, 1.54) is 36.7 Å². The topological polar surface area (TPSA) is 80.1 Å². The first kappa shape index (κ1) is 24.1. The van der Waals surface area contributed by atoms with Gasteiger partial charge in [0, 0.05) is 33.6 Å². The van der Waals surface area contributed by atoms with Crippen molar-refractivity contribution in [1.29, 1.82) is 0 Å². The van der Waals surface area contributed by atoms with Crippen LogP contribution in [-0.2, 0) is 5.54 Å². The molecule has 2 N–H and O–H groups in total. The molecule has 1 aliphatic rings. The van der Waals surface area contributed by atoms with Crippen molar-refractivity contribution in [2.75, 3.05) is 5.43 Å². The van der Waals surface area contributed by atoms with Gasteiger partial charge in [0.2, 0.25) is 5.71 Å². The van der Waals surface area contributed by atoms with Gasteiger partial charge in [0.25, 0.3) is 5.91 Å². The average molecular weight is 530 g/mol. The van der Waals surface area contributed by atoms with Gasteiger partial charge in [-0.2, -0.15) is 17.9 Å². The lowest BCUT2D eigenvalue weighted by molar-refractivity contribution is -0.633. The molecule has 1 aromatic heterocycles. The van der Waals surface area contributed by atoms with E-state index in [1.807, 2.05) is 0 Å². The minimum absolute atomic E-state index is 0.0182. The molecular weight excluding hydrogens is 516 g/mol. The van der Waals surface area contributed by atoms with Gasteiger partial charge in [0.1, 0.15) is 6.42 Å². The number of nitrogens with one attached hydrogen (secondary N) is 2. The molecule has 12 heteroatoms. The smallest absolute Gasteiger partial charge is 0.461 e. The minimum Gasteiger partial charge on any atom is -0.623 e. The number of hydrazine groups is 1. The third-order valence-corrected chi connectivity index (χ3v) is 6.12. The van der Waals surface area contributed by atoms with Crippen LogP contribution < -0.4 is 10.9 Å². The first-order valence-electron chi connectivity index (χ1n) is 9.66. The number of alkyl halides is 3. The third-order valence-electron chi connectivity index (χ3n) is 5.36. The zero-order valence-corrected chi connectivity index (χ0v) is 19.2. The molecule has 0 saturated heterocycles. The minimum atomic E-state index is -4.91. The fourth-order valence-electron chi connectivity index (χ4n) is 3.63. The SMILES string of the molecule is O=C(NNc1cc(C2=[N+]([O-])C(c3cc(Cl)cc(Cl)c3)(C(F)(F)F)C2)ccc1Cl)c1cccnc1. The maximum Gasteiger partial charge on any atom is 0.461 e. The lowest BCUT2D eigenvalue weighted by Gasteiger charge is -2.41. The Hall–Kier alpha value is -3.01. The number of hydroxylamine groups is 1. The summed E-state index contributed by atoms with van der Waals surface area (Å²) in [4.78, 5) is 16.1. The second-order valence-corrected chi connectivity index (χ2v) is 8.73. The molecule has 1 atom stereocenters. The maximum absolute atomic E-state index is 14.1. The number of nitrogens with zero attached hydrogens (tertiary/aromatic N) is 2. The van der Waals surface area contributed by atoms with Crippen LogP contribution in [0.15, 0.2) is 60.9 Å². The predicted octanol–water partition coefficient (Wildman–Crippen LogP) is 5.96. The molecule has 176 valence electrons. The van der Waals surface area contributed by atoms with Crippen LogP contribution in [-0.4, -0.2) is 27.5 Å². The number of aromatic nitrogens is 1. The Labute approximate surface area is 206 Å². The Morgan fingerprint density at radius 3 is 2.38 bits per heavy atom. The maximum atomic E-state index is 14.1. The molecule has 3 aromatic rings. The van der Waals surface area contributed by atoms with Gasteiger partial charge in [-0.25, -0.2) is 0 Å². The van der Waals surface area contributed by atoms with E-state index in [4.69, 9.17) is 34.8 Å². The van der Waals surface area contributed by atoms with E-state index in [0.717, 1.165) is 12.1 Å². The molecule has 6 nitrogen and oxygen atoms in total. The highest BCUT2D eigenvalue weighted by atomic mass is 35.5. The summed E-state index contributed by atoms with van der Waals surface area (Å²) in [7, 11) is 0. The number of carbonyl (C=O) groups is 1. The fourth-order valence-corrected chi connectivity index (χ4v) is 4.32. The van der Waals surface area contributed by atoms with Crippen LogP contribution in [0.2, 0.25) is 15.1 Å². The van der Waals surface area contributed by atoms with Gasteiger partial charge in [-0.1, -0.05) is 34.8 Å². The number of benzene rings is 2. The standard InChI is InChI=1S/C22H14Cl3F3N4O2/c23-15-7-14(8-16(24)9-15)21(22(26,27)28)10-19(32(21)34)12-3-4-17(25)18(6-12)30-31-20(33)13-2-1-5-29-11-13/h1-9,11,30H,10H2,(H,31,33). The number of hydrogen-bond donors (Lipinski definition) is 2. The fraction of sp³-hybridized carbons (Fsp3) is 0.136. The van der Waals surface area contributed by atoms with Crippen LogP contribution in [0, 0.1) is 5.21 Å². The highest BCUT2D eigenvalue weighted by Crippen LogP contribution is 2.51. The normalized spacial score (nSPS) is 17.8. The van der Waals surface area contributed by atoms with E-state index in [-0.39, 0.29) is 47.9 Å². The number of hydrogen-bond acceptors (Lipinski definition) is 4. The third kappa shape index (κ3) is 4.26. The summed E-state index contributed by atoms with van der Waals surface area (Å²) >= 11 is 17.9. The Bertz CT molecular complexity index is 1280. The van der Waals surface area contributed by atoms with Crippen molar-refractivity contribution in [2.45, 2.75) is 18.1 Å². The Morgan fingerprint density at radius 2 is 1.79 bits per heavy atom. The van der Waals surface area contributed by atoms with Crippen molar-refractivity contribution in [3.05, 3.63) is 97.9 Å². The lowest BCUT2D eigenvalue weighted by atomic mass is 9.77. The molecule has 0 aliphatic carbocycles. The van der Waals surface area contributed by atoms with Crippen molar-refractivity contribution in [1.82, 2.24) is 10.4 Å². The molecule has 2 aromatic carbocycles. The lowest BCUT2D eigenvalue weighted by Crippen LogP contribution is -2.60. The van der Waals surface area contributed by atoms with E-state index in [9.17, 15) is 23.2 Å². The van der Waals surface area contributed by atoms with Gasteiger partial charge >= 0.3 is 11.7 Å². The summed E-state index contributed by atoms with van der Waals surface area (Å²) in [6.07, 6.45) is -2.68. The quantitative estimate of drug-likeness (QED) is 0.243. The van der Waals surface area contributed by atoms with Crippen molar-refractivity contribution in [2.24, 2.45) is 0 Å². The van der Waals surface area contributed by atoms with Crippen LogP contribution in [0.25, 0.3) is 0 Å². The van der Waals surface area contributed by atoms with Crippen molar-refractivity contribution in [3.8, 4) is 0 Å². The van der Waals surface area contributed by atoms with E-state index in [0.29, 0.717) is 0 Å². The number of rotatable bonds is 5. The average Bonchev–Trinajstić information content (AvgIpc) is 2.77. The van der Waals surface area contributed by atoms with Gasteiger partial charge < -0.3 is 5.21 Å². The number of halogens is 6. The van der Waals surface area contributed by atoms with Crippen molar-refractivity contribution in [3.63, 3.8) is 0 Å². The first-order chi connectivity index (χ1) is 16.0. The van der Waals surface area contributed by atoms with Crippen LogP contribution in [0.4, 0.5) is 18.9 Å². The highest BCUT2D eigenvalue weighted by Gasteiger charge is 2.71. The molecule has 0 radical (unpaired) electrons. The predicted molar refractivity (Wildman–Crippen MR) is 123 cm³/mol. The summed E-state index contributed by atoms with van der Waals surface area (Å²) in [5.41, 5.74) is 2.40. The van der Waals surface area contributed by atoms with Crippen LogP contribution >= 0.6 is 34.8 Å². The molecule has 4 rings (SSSR count). The molecular formula is C22H14Cl3F3N4O2. The van der Waals surface area contributed by atoms with Gasteiger partial charge in [-0.3, -0.25) is 20.6 Å². The van der Waals surface area contributed by atoms with Gasteiger partial charge in [-0.05, 0) is 48.5 Å². The van der Waals surface area contributed by atoms with Crippen LogP contribution in [0.1, 0.15) is 27.9 Å². The van der Waals surface area contributed by atoms with Gasteiger partial charge in [0.15, 0.2) is 0 Å². The molecule has 1 unspecified atom stereocenters. The second-order valence-electron chi connectivity index (χ2n) is 7.45. The molecule has 34 heavy (non-hydrogen) atoms. The number of anilines is 1. The Morgan fingerprint density at radius 1 is 1.09 bits per heavy atom. The largest absolute Gasteiger partial charge is 0.623 e. The summed E-state index contributed by atoms with van der Waals surface area (Å²) in [6.45, 7) is 0. The van der Waals surface area contributed by atoms with Crippen LogP contribution in [0.3, 0.4) is 0 Å². The molecule has 0 bridgehead atoms. The molecule has 0 saturated carbocycles. The number of pyridine rings is 1. The van der Waals surface area contributed by atoms with Crippen molar-refractivity contribution < 1.29 is 22.7 Å². The molecule has 2 heterocycles. The Kier molecular flexibility index (Phi) is 6.37. The van der Waals surface area contributed by atoms with E-state index in [1.54, 1.807) is 12.1 Å². The zero-order valence-electron chi connectivity index (χ0n) is 17.0. The second kappa shape index (κ2) is 8.98. The summed E-state index contributed by atoms with van der Waals surface area (Å²) in [5, 5.41) is 13.1. The van der Waals surface area contributed by atoms with E-state index in [2.05, 4.69) is 15.8 Å². The summed E-state index contributed by atoms with van der Waals surface area (Å²) < 4.78 is 42.3. The van der Waals surface area contributed by atoms with E-state index >= 15 is 0 Å². The molecule has 0 fully saturated rings. The molecule has 0 spiro atoms. The van der Waals surface area contributed by atoms with Gasteiger partial charge in [0.05, 0.1) is 16.3 Å². The molecule has 1 aliphatic heterocycles. The number of carbonyl (C=O) groups excluding carboxylic acids is 1. The Balaban J connectivity index is 1.66. The zero-order chi connectivity index (χ0) is 24.7. The molecule has 1 amide bonds. The monoisotopic (exact) mass is 528 g/mol. The highest BCUT2D eigenvalue weighted by molar-refractivity contribution is 6.34. The first-order valence-corrected chi connectivity index (χ1v) is 10.8.